The van der Waals surface area contributed by atoms with E-state index in [0.717, 1.165) is 6.42 Å². The highest BCUT2D eigenvalue weighted by Crippen LogP contribution is 2.23. The van der Waals surface area contributed by atoms with Crippen LogP contribution < -0.4 is 9.47 Å². The van der Waals surface area contributed by atoms with Gasteiger partial charge in [0.25, 0.3) is 5.91 Å². The first-order valence-corrected chi connectivity index (χ1v) is 6.78. The third-order valence-corrected chi connectivity index (χ3v) is 3.10. The highest BCUT2D eigenvalue weighted by Gasteiger charge is 2.15. The maximum Gasteiger partial charge on any atom is 0.254 e. The van der Waals surface area contributed by atoms with Crippen LogP contribution in [0.25, 0.3) is 0 Å². The molecule has 0 radical (unpaired) electrons. The van der Waals surface area contributed by atoms with Crippen LogP contribution in [0.15, 0.2) is 18.2 Å². The molecule has 0 saturated carbocycles. The average Bonchev–Trinajstić information content (AvgIpc) is 2.47. The third-order valence-electron chi connectivity index (χ3n) is 2.83. The lowest BCUT2D eigenvalue weighted by Gasteiger charge is -2.21. The number of carbonyl (C=O) groups is 1. The number of alkyl halides is 1. The van der Waals surface area contributed by atoms with Crippen LogP contribution in [0.2, 0.25) is 0 Å². The van der Waals surface area contributed by atoms with Crippen LogP contribution in [0.4, 0.5) is 0 Å². The molecule has 0 aliphatic rings. The normalized spacial score (nSPS) is 10.1. The van der Waals surface area contributed by atoms with Crippen molar-refractivity contribution in [3.05, 3.63) is 23.8 Å². The summed E-state index contributed by atoms with van der Waals surface area (Å²) in [6.07, 6.45) is 0.780. The first-order chi connectivity index (χ1) is 9.15. The predicted molar refractivity (Wildman–Crippen MR) is 76.5 cm³/mol. The van der Waals surface area contributed by atoms with Crippen molar-refractivity contribution in [1.82, 2.24) is 4.90 Å². The minimum absolute atomic E-state index is 0.0372. The van der Waals surface area contributed by atoms with E-state index in [1.165, 1.54) is 0 Å². The van der Waals surface area contributed by atoms with E-state index in [0.29, 0.717) is 36.0 Å². The summed E-state index contributed by atoms with van der Waals surface area (Å²) in [4.78, 5) is 14.2. The van der Waals surface area contributed by atoms with Gasteiger partial charge in [-0.1, -0.05) is 0 Å². The van der Waals surface area contributed by atoms with Gasteiger partial charge in [0.1, 0.15) is 11.5 Å². The molecule has 0 saturated heterocycles. The van der Waals surface area contributed by atoms with Gasteiger partial charge in [0, 0.05) is 30.6 Å². The number of ether oxygens (including phenoxy) is 2. The fraction of sp³-hybridized carbons (Fsp3) is 0.500. The Labute approximate surface area is 119 Å². The molecule has 0 heterocycles. The fourth-order valence-electron chi connectivity index (χ4n) is 1.77. The molecule has 0 fully saturated rings. The molecule has 0 aliphatic carbocycles. The molecule has 0 spiro atoms. The summed E-state index contributed by atoms with van der Waals surface area (Å²) in [5.74, 6) is 1.72. The second kappa shape index (κ2) is 7.89. The quantitative estimate of drug-likeness (QED) is 0.723. The molecule has 0 unspecified atom stereocenters. The summed E-state index contributed by atoms with van der Waals surface area (Å²) in [6, 6.07) is 5.17. The van der Waals surface area contributed by atoms with Gasteiger partial charge in [-0.15, -0.1) is 11.6 Å². The van der Waals surface area contributed by atoms with Gasteiger partial charge >= 0.3 is 0 Å². The molecular formula is C14H20ClNO3. The van der Waals surface area contributed by atoms with Gasteiger partial charge in [-0.3, -0.25) is 4.79 Å². The van der Waals surface area contributed by atoms with Gasteiger partial charge in [-0.2, -0.15) is 0 Å². The van der Waals surface area contributed by atoms with Crippen LogP contribution >= 0.6 is 11.6 Å². The second-order valence-corrected chi connectivity index (χ2v) is 4.41. The van der Waals surface area contributed by atoms with E-state index in [1.54, 1.807) is 37.3 Å². The molecular weight excluding hydrogens is 266 g/mol. The monoisotopic (exact) mass is 285 g/mol. The first kappa shape index (κ1) is 15.6. The summed E-state index contributed by atoms with van der Waals surface area (Å²) in [7, 11) is 3.13. The number of nitrogens with zero attached hydrogens (tertiary/aromatic N) is 1. The Hall–Kier alpha value is -1.42. The van der Waals surface area contributed by atoms with Gasteiger partial charge in [0.2, 0.25) is 0 Å². The first-order valence-electron chi connectivity index (χ1n) is 6.24. The molecule has 106 valence electrons. The second-order valence-electron chi connectivity index (χ2n) is 4.03. The maximum atomic E-state index is 12.4. The molecule has 1 rings (SSSR count). The summed E-state index contributed by atoms with van der Waals surface area (Å²) in [5.41, 5.74) is 0.563. The summed E-state index contributed by atoms with van der Waals surface area (Å²) in [5, 5.41) is 0. The van der Waals surface area contributed by atoms with E-state index in [9.17, 15) is 4.79 Å². The fourth-order valence-corrected chi connectivity index (χ4v) is 1.89. The highest BCUT2D eigenvalue weighted by molar-refractivity contribution is 6.17. The van der Waals surface area contributed by atoms with Crippen LogP contribution in [0.1, 0.15) is 23.7 Å². The third kappa shape index (κ3) is 4.31. The Bertz CT molecular complexity index is 401. The number of carbonyl (C=O) groups excluding carboxylic acids is 1. The van der Waals surface area contributed by atoms with E-state index >= 15 is 0 Å². The number of benzene rings is 1. The van der Waals surface area contributed by atoms with Crippen molar-refractivity contribution >= 4 is 17.5 Å². The van der Waals surface area contributed by atoms with E-state index in [2.05, 4.69) is 0 Å². The zero-order valence-electron chi connectivity index (χ0n) is 11.6. The van der Waals surface area contributed by atoms with Crippen LogP contribution in [-0.4, -0.2) is 44.0 Å². The van der Waals surface area contributed by atoms with Crippen molar-refractivity contribution in [3.8, 4) is 11.5 Å². The summed E-state index contributed by atoms with van der Waals surface area (Å²) >= 11 is 5.67. The average molecular weight is 286 g/mol. The number of hydrogen-bond donors (Lipinski definition) is 0. The summed E-state index contributed by atoms with van der Waals surface area (Å²) < 4.78 is 10.3. The van der Waals surface area contributed by atoms with Gasteiger partial charge in [0.05, 0.1) is 14.2 Å². The van der Waals surface area contributed by atoms with E-state index < -0.39 is 0 Å². The Morgan fingerprint density at radius 2 is 1.79 bits per heavy atom. The molecule has 1 amide bonds. The standard InChI is InChI=1S/C14H20ClNO3/c1-4-16(7-5-6-15)14(17)11-8-12(18-2)10-13(9-11)19-3/h8-10H,4-7H2,1-3H3. The van der Waals surface area contributed by atoms with Crippen molar-refractivity contribution in [3.63, 3.8) is 0 Å². The van der Waals surface area contributed by atoms with Gasteiger partial charge in [-0.25, -0.2) is 0 Å². The van der Waals surface area contributed by atoms with Crippen LogP contribution in [0.3, 0.4) is 0 Å². The van der Waals surface area contributed by atoms with Crippen molar-refractivity contribution in [1.29, 1.82) is 0 Å². The molecule has 5 heteroatoms. The number of amides is 1. The van der Waals surface area contributed by atoms with E-state index in [4.69, 9.17) is 21.1 Å². The van der Waals surface area contributed by atoms with Crippen molar-refractivity contribution in [2.24, 2.45) is 0 Å². The Morgan fingerprint density at radius 1 is 1.21 bits per heavy atom. The smallest absolute Gasteiger partial charge is 0.254 e. The minimum atomic E-state index is -0.0372. The van der Waals surface area contributed by atoms with Crippen LogP contribution in [-0.2, 0) is 0 Å². The molecule has 19 heavy (non-hydrogen) atoms. The number of methoxy groups -OCH3 is 2. The molecule has 1 aromatic carbocycles. The topological polar surface area (TPSA) is 38.8 Å². The maximum absolute atomic E-state index is 12.4. The predicted octanol–water partition coefficient (Wildman–Crippen LogP) is 2.79. The number of hydrogen-bond acceptors (Lipinski definition) is 3. The Balaban J connectivity index is 2.96. The minimum Gasteiger partial charge on any atom is -0.497 e. The molecule has 0 aliphatic heterocycles. The largest absolute Gasteiger partial charge is 0.497 e. The van der Waals surface area contributed by atoms with E-state index in [-0.39, 0.29) is 5.91 Å². The van der Waals surface area contributed by atoms with Crippen molar-refractivity contribution < 1.29 is 14.3 Å². The zero-order chi connectivity index (χ0) is 14.3. The Kier molecular flexibility index (Phi) is 6.50. The molecule has 0 aromatic heterocycles. The van der Waals surface area contributed by atoms with Crippen LogP contribution in [0, 0.1) is 0 Å². The van der Waals surface area contributed by atoms with Crippen molar-refractivity contribution in [2.45, 2.75) is 13.3 Å². The molecule has 0 bridgehead atoms. The molecule has 0 atom stereocenters. The van der Waals surface area contributed by atoms with Crippen molar-refractivity contribution in [2.75, 3.05) is 33.2 Å². The molecule has 4 nitrogen and oxygen atoms in total. The molecule has 0 N–H and O–H groups in total. The highest BCUT2D eigenvalue weighted by atomic mass is 35.5. The van der Waals surface area contributed by atoms with E-state index in [1.807, 2.05) is 6.92 Å². The summed E-state index contributed by atoms with van der Waals surface area (Å²) in [6.45, 7) is 3.25. The molecule has 1 aromatic rings. The lowest BCUT2D eigenvalue weighted by molar-refractivity contribution is 0.0764. The zero-order valence-corrected chi connectivity index (χ0v) is 12.4. The SMILES string of the molecule is CCN(CCCCl)C(=O)c1cc(OC)cc(OC)c1. The van der Waals surface area contributed by atoms with Gasteiger partial charge < -0.3 is 14.4 Å². The lowest BCUT2D eigenvalue weighted by atomic mass is 10.1. The van der Waals surface area contributed by atoms with Gasteiger partial charge in [0.15, 0.2) is 0 Å². The lowest BCUT2D eigenvalue weighted by Crippen LogP contribution is -2.32. The number of rotatable bonds is 7. The van der Waals surface area contributed by atoms with Crippen LogP contribution in [0.5, 0.6) is 11.5 Å². The Morgan fingerprint density at radius 3 is 2.21 bits per heavy atom. The van der Waals surface area contributed by atoms with Gasteiger partial charge in [-0.05, 0) is 25.5 Å². The number of halogens is 1.